The number of hydrogen-bond donors (Lipinski definition) is 2. The van der Waals surface area contributed by atoms with Crippen molar-refractivity contribution < 1.29 is 28.3 Å². The molecule has 2 N–H and O–H groups in total. The number of aliphatic hydroxyl groups is 1. The number of fused-ring (bicyclic) bond motifs is 2. The number of aliphatic hydroxyl groups excluding tert-OH is 1. The summed E-state index contributed by atoms with van der Waals surface area (Å²) in [6, 6.07) is 19.0. The summed E-state index contributed by atoms with van der Waals surface area (Å²) in [5.41, 5.74) is 5.51. The molecule has 5 atom stereocenters. The second kappa shape index (κ2) is 13.3. The van der Waals surface area contributed by atoms with E-state index in [9.17, 15) is 9.32 Å². The first kappa shape index (κ1) is 32.9. The summed E-state index contributed by atoms with van der Waals surface area (Å²) < 4.78 is 41.3. The second-order valence-electron chi connectivity index (χ2n) is 13.0. The Hall–Kier alpha value is -2.97. The molecule has 0 saturated carbocycles. The van der Waals surface area contributed by atoms with Gasteiger partial charge in [0, 0.05) is 41.9 Å². The lowest BCUT2D eigenvalue weighted by Crippen LogP contribution is -2.35. The average Bonchev–Trinajstić information content (AvgIpc) is 3.69. The fraction of sp³-hybridized carbons (Fsp3) is 0.424. The average molecular weight is 685 g/mol. The van der Waals surface area contributed by atoms with E-state index in [-0.39, 0.29) is 26.0 Å². The minimum atomic E-state index is -2.22. The first-order valence-electron chi connectivity index (χ1n) is 15.4. The van der Waals surface area contributed by atoms with Crippen LogP contribution in [0.25, 0.3) is 33.5 Å². The van der Waals surface area contributed by atoms with Crippen LogP contribution < -0.4 is 9.46 Å². The zero-order valence-corrected chi connectivity index (χ0v) is 29.3. The molecule has 4 heterocycles. The Kier molecular flexibility index (Phi) is 9.50. The predicted octanol–water partition coefficient (Wildman–Crippen LogP) is 5.70. The van der Waals surface area contributed by atoms with Crippen molar-refractivity contribution in [3.05, 3.63) is 59.6 Å². The van der Waals surface area contributed by atoms with Crippen molar-refractivity contribution in [2.24, 2.45) is 0 Å². The Morgan fingerprint density at radius 2 is 1.70 bits per heavy atom. The van der Waals surface area contributed by atoms with Gasteiger partial charge >= 0.3 is 6.01 Å². The Balaban J connectivity index is 1.27. The summed E-state index contributed by atoms with van der Waals surface area (Å²) in [6.07, 6.45) is -0.218. The quantitative estimate of drug-likeness (QED) is 0.117. The Morgan fingerprint density at radius 3 is 2.37 bits per heavy atom. The molecule has 5 unspecified atom stereocenters. The molecule has 4 aromatic rings. The SMILES string of the molecule is CC=S(C)(=O)Nc1ccc(-c2ccc(-c3nc4c(cc3Cl)nc(OC3COC5C(O)COC35)n4COCC[Si](C)(C)C)cc2)cc1. The number of anilines is 1. The van der Waals surface area contributed by atoms with E-state index in [4.69, 9.17) is 40.5 Å². The van der Waals surface area contributed by atoms with Gasteiger partial charge in [-0.15, -0.1) is 0 Å². The van der Waals surface area contributed by atoms with Crippen LogP contribution in [0.15, 0.2) is 54.6 Å². The van der Waals surface area contributed by atoms with Gasteiger partial charge in [-0.2, -0.15) is 4.98 Å². The number of benzene rings is 2. The van der Waals surface area contributed by atoms with Crippen LogP contribution in [0.5, 0.6) is 6.01 Å². The first-order chi connectivity index (χ1) is 21.9. The van der Waals surface area contributed by atoms with Gasteiger partial charge < -0.3 is 28.8 Å². The molecule has 6 rings (SSSR count). The topological polar surface area (TPSA) is 117 Å². The summed E-state index contributed by atoms with van der Waals surface area (Å²) in [5.74, 6) is 0. The molecule has 2 saturated heterocycles. The van der Waals surface area contributed by atoms with E-state index in [1.54, 1.807) is 24.6 Å². The summed E-state index contributed by atoms with van der Waals surface area (Å²) in [7, 11) is -3.51. The van der Waals surface area contributed by atoms with Gasteiger partial charge in [-0.05, 0) is 47.7 Å². The highest BCUT2D eigenvalue weighted by molar-refractivity contribution is 8.01. The highest BCUT2D eigenvalue weighted by atomic mass is 35.5. The molecule has 2 aromatic carbocycles. The molecule has 0 aliphatic carbocycles. The minimum Gasteiger partial charge on any atom is -0.456 e. The molecule has 246 valence electrons. The maximum atomic E-state index is 12.4. The third-order valence-corrected chi connectivity index (χ3v) is 11.8. The third-order valence-electron chi connectivity index (χ3n) is 8.24. The Labute approximate surface area is 276 Å². The van der Waals surface area contributed by atoms with E-state index in [1.807, 2.05) is 53.1 Å². The molecular weight excluding hydrogens is 644 g/mol. The van der Waals surface area contributed by atoms with E-state index in [2.05, 4.69) is 24.4 Å². The van der Waals surface area contributed by atoms with Gasteiger partial charge in [0.1, 0.15) is 30.6 Å². The molecule has 0 bridgehead atoms. The van der Waals surface area contributed by atoms with Crippen LogP contribution in [0, 0.1) is 0 Å². The van der Waals surface area contributed by atoms with Crippen LogP contribution in [0.3, 0.4) is 0 Å². The number of ether oxygens (including phenoxy) is 4. The van der Waals surface area contributed by atoms with Crippen LogP contribution in [0.1, 0.15) is 6.92 Å². The van der Waals surface area contributed by atoms with Crippen molar-refractivity contribution in [1.29, 1.82) is 0 Å². The van der Waals surface area contributed by atoms with Gasteiger partial charge in [0.2, 0.25) is 0 Å². The molecule has 10 nitrogen and oxygen atoms in total. The molecule has 0 amide bonds. The van der Waals surface area contributed by atoms with Gasteiger partial charge in [-0.3, -0.25) is 4.57 Å². The van der Waals surface area contributed by atoms with Crippen LogP contribution in [-0.2, 0) is 30.6 Å². The number of hydrogen-bond acceptors (Lipinski definition) is 8. The Morgan fingerprint density at radius 1 is 1.04 bits per heavy atom. The fourth-order valence-electron chi connectivity index (χ4n) is 5.47. The first-order valence-corrected chi connectivity index (χ1v) is 21.5. The fourth-order valence-corrected chi connectivity index (χ4v) is 7.21. The van der Waals surface area contributed by atoms with Crippen LogP contribution in [0.4, 0.5) is 5.69 Å². The van der Waals surface area contributed by atoms with Crippen molar-refractivity contribution in [3.63, 3.8) is 0 Å². The minimum absolute atomic E-state index is 0.211. The number of halogens is 1. The smallest absolute Gasteiger partial charge is 0.301 e. The van der Waals surface area contributed by atoms with E-state index >= 15 is 0 Å². The molecule has 2 fully saturated rings. The van der Waals surface area contributed by atoms with Crippen molar-refractivity contribution in [2.75, 3.05) is 30.8 Å². The van der Waals surface area contributed by atoms with Gasteiger partial charge in [0.15, 0.2) is 11.8 Å². The highest BCUT2D eigenvalue weighted by Crippen LogP contribution is 2.35. The van der Waals surface area contributed by atoms with Crippen LogP contribution >= 0.6 is 11.6 Å². The summed E-state index contributed by atoms with van der Waals surface area (Å²) in [6.45, 7) is 10.1. The van der Waals surface area contributed by atoms with Gasteiger partial charge in [-0.1, -0.05) is 67.6 Å². The molecule has 46 heavy (non-hydrogen) atoms. The van der Waals surface area contributed by atoms with Crippen molar-refractivity contribution in [1.82, 2.24) is 14.5 Å². The van der Waals surface area contributed by atoms with E-state index in [0.29, 0.717) is 34.5 Å². The van der Waals surface area contributed by atoms with E-state index < -0.39 is 36.1 Å². The van der Waals surface area contributed by atoms with E-state index in [0.717, 1.165) is 28.4 Å². The van der Waals surface area contributed by atoms with Crippen molar-refractivity contribution in [3.8, 4) is 28.4 Å². The standard InChI is InChI=1S/C33H41ClN4O6SSi/c1-6-45(2,40)37-24-13-11-22(12-14-24)21-7-9-23(10-8-21)29-25(34)17-26-32(36-29)38(20-41-15-16-46(3,4)5)33(35-26)44-28-19-43-30-27(39)18-42-31(28)30/h6-14,17,27-28,30-31,39H,15-16,18-20H2,1-5H3,(H,37,40). The van der Waals surface area contributed by atoms with Gasteiger partial charge in [0.05, 0.1) is 23.9 Å². The molecule has 2 aliphatic rings. The summed E-state index contributed by atoms with van der Waals surface area (Å²) >= 11 is 6.79. The largest absolute Gasteiger partial charge is 0.456 e. The predicted molar refractivity (Wildman–Crippen MR) is 187 cm³/mol. The highest BCUT2D eigenvalue weighted by Gasteiger charge is 2.49. The number of imidazole rings is 1. The molecule has 2 aliphatic heterocycles. The number of pyridine rings is 1. The van der Waals surface area contributed by atoms with Crippen molar-refractivity contribution >= 4 is 51.6 Å². The maximum Gasteiger partial charge on any atom is 0.301 e. The number of nitrogens with zero attached hydrogens (tertiary/aromatic N) is 3. The molecule has 0 radical (unpaired) electrons. The molecule has 13 heteroatoms. The monoisotopic (exact) mass is 684 g/mol. The molecule has 0 spiro atoms. The number of nitrogens with one attached hydrogen (secondary N) is 1. The zero-order chi connectivity index (χ0) is 32.6. The molecular formula is C33H41ClN4O6SSi. The van der Waals surface area contributed by atoms with Gasteiger partial charge in [-0.25, -0.2) is 9.19 Å². The summed E-state index contributed by atoms with van der Waals surface area (Å²) in [5, 5.41) is 12.3. The number of rotatable bonds is 11. The lowest BCUT2D eigenvalue weighted by atomic mass is 10.0. The zero-order valence-electron chi connectivity index (χ0n) is 26.7. The Bertz CT molecular complexity index is 1820. The lowest BCUT2D eigenvalue weighted by molar-refractivity contribution is 0.00336. The molecule has 2 aromatic heterocycles. The third kappa shape index (κ3) is 7.28. The lowest BCUT2D eigenvalue weighted by Gasteiger charge is -2.19. The van der Waals surface area contributed by atoms with Crippen molar-refractivity contribution in [2.45, 2.75) is 63.8 Å². The van der Waals surface area contributed by atoms with Crippen LogP contribution in [-0.4, -0.2) is 87.8 Å². The van der Waals surface area contributed by atoms with E-state index in [1.165, 1.54) is 0 Å². The maximum absolute atomic E-state index is 12.4. The number of aromatic nitrogens is 3. The normalized spacial score (nSPS) is 22.5. The van der Waals surface area contributed by atoms with Crippen LogP contribution in [0.2, 0.25) is 30.7 Å². The van der Waals surface area contributed by atoms with Gasteiger partial charge in [0.25, 0.3) is 0 Å². The second-order valence-corrected chi connectivity index (χ2v) is 21.6. The summed E-state index contributed by atoms with van der Waals surface area (Å²) in [4.78, 5) is 9.72.